The van der Waals surface area contributed by atoms with Crippen molar-refractivity contribution in [2.45, 2.75) is 50.0 Å². The Morgan fingerprint density at radius 3 is 2.69 bits per heavy atom. The summed E-state index contributed by atoms with van der Waals surface area (Å²) in [5.41, 5.74) is 2.80. The molecule has 7 heteroatoms. The fourth-order valence-corrected chi connectivity index (χ4v) is 5.45. The fraction of sp³-hybridized carbons (Fsp3) is 0.409. The van der Waals surface area contributed by atoms with E-state index >= 15 is 0 Å². The molecule has 1 amide bonds. The lowest BCUT2D eigenvalue weighted by Crippen LogP contribution is -2.50. The van der Waals surface area contributed by atoms with Crippen LogP contribution in [0.15, 0.2) is 47.4 Å². The zero-order chi connectivity index (χ0) is 20.4. The van der Waals surface area contributed by atoms with Gasteiger partial charge >= 0.3 is 0 Å². The van der Waals surface area contributed by atoms with Crippen LogP contribution >= 0.6 is 0 Å². The van der Waals surface area contributed by atoms with Gasteiger partial charge < -0.3 is 10.1 Å². The van der Waals surface area contributed by atoms with Crippen LogP contribution in [-0.4, -0.2) is 33.5 Å². The smallest absolute Gasteiger partial charge is 0.264 e. The van der Waals surface area contributed by atoms with Gasteiger partial charge in [-0.1, -0.05) is 25.1 Å². The van der Waals surface area contributed by atoms with E-state index in [2.05, 4.69) is 5.32 Å². The molecule has 1 aliphatic heterocycles. The molecule has 1 unspecified atom stereocenters. The molecule has 154 valence electrons. The van der Waals surface area contributed by atoms with Crippen LogP contribution in [0.5, 0.6) is 5.75 Å². The molecule has 0 saturated heterocycles. The van der Waals surface area contributed by atoms with Gasteiger partial charge in [0, 0.05) is 6.54 Å². The molecular weight excluding hydrogens is 388 g/mol. The first-order valence-electron chi connectivity index (χ1n) is 10.2. The number of aryl methyl sites for hydroxylation is 2. The van der Waals surface area contributed by atoms with Crippen LogP contribution in [0.1, 0.15) is 37.3 Å². The summed E-state index contributed by atoms with van der Waals surface area (Å²) in [6, 6.07) is 12.4. The Kier molecular flexibility index (Phi) is 5.50. The van der Waals surface area contributed by atoms with E-state index in [1.165, 1.54) is 9.87 Å². The average molecular weight is 415 g/mol. The molecule has 0 aromatic heterocycles. The van der Waals surface area contributed by atoms with Gasteiger partial charge in [0.15, 0.2) is 6.10 Å². The zero-order valence-corrected chi connectivity index (χ0v) is 17.4. The number of nitrogens with one attached hydrogen (secondary N) is 1. The molecule has 6 nitrogen and oxygen atoms in total. The second-order valence-corrected chi connectivity index (χ2v) is 9.40. The molecule has 2 aromatic rings. The number of benzene rings is 2. The quantitative estimate of drug-likeness (QED) is 0.816. The van der Waals surface area contributed by atoms with Crippen molar-refractivity contribution in [3.05, 3.63) is 53.6 Å². The molecule has 1 atom stereocenters. The molecule has 0 fully saturated rings. The number of hydrogen-bond acceptors (Lipinski definition) is 4. The fourth-order valence-electron chi connectivity index (χ4n) is 3.93. The number of ether oxygens (including phenoxy) is 1. The van der Waals surface area contributed by atoms with E-state index in [-0.39, 0.29) is 17.3 Å². The van der Waals surface area contributed by atoms with Gasteiger partial charge in [-0.2, -0.15) is 0 Å². The van der Waals surface area contributed by atoms with Gasteiger partial charge in [-0.3, -0.25) is 9.10 Å². The maximum Gasteiger partial charge on any atom is 0.264 e. The number of rotatable bonds is 5. The number of para-hydroxylation sites is 2. The number of carbonyl (C=O) groups is 1. The predicted molar refractivity (Wildman–Crippen MR) is 112 cm³/mol. The maximum atomic E-state index is 13.6. The van der Waals surface area contributed by atoms with Gasteiger partial charge in [-0.25, -0.2) is 8.42 Å². The third-order valence-electron chi connectivity index (χ3n) is 5.48. The van der Waals surface area contributed by atoms with E-state index in [1.807, 2.05) is 13.0 Å². The molecule has 1 heterocycles. The van der Waals surface area contributed by atoms with E-state index < -0.39 is 16.1 Å². The first-order chi connectivity index (χ1) is 14.0. The minimum Gasteiger partial charge on any atom is -0.476 e. The standard InChI is InChI=1S/C22H26N2O4S/c1-2-13-23-22(25)21-15-24(19-9-5-6-10-20(19)28-21)29(26,27)18-12-11-16-7-3-4-8-17(16)14-18/h5-6,9-12,14,21H,2-4,7-8,13,15H2,1H3,(H,23,25). The van der Waals surface area contributed by atoms with Crippen molar-refractivity contribution < 1.29 is 17.9 Å². The lowest BCUT2D eigenvalue weighted by atomic mass is 9.92. The van der Waals surface area contributed by atoms with E-state index in [4.69, 9.17) is 4.74 Å². The number of nitrogens with zero attached hydrogens (tertiary/aromatic N) is 1. The average Bonchev–Trinajstić information content (AvgIpc) is 2.76. The Bertz CT molecular complexity index is 1020. The normalized spacial score (nSPS) is 18.4. The van der Waals surface area contributed by atoms with Crippen molar-refractivity contribution in [1.82, 2.24) is 5.32 Å². The van der Waals surface area contributed by atoms with E-state index in [0.717, 1.165) is 37.7 Å². The van der Waals surface area contributed by atoms with Gasteiger partial charge in [-0.15, -0.1) is 0 Å². The number of anilines is 1. The van der Waals surface area contributed by atoms with E-state index in [9.17, 15) is 13.2 Å². The number of amides is 1. The molecule has 1 N–H and O–H groups in total. The maximum absolute atomic E-state index is 13.6. The summed E-state index contributed by atoms with van der Waals surface area (Å²) in [4.78, 5) is 12.8. The molecule has 0 radical (unpaired) electrons. The predicted octanol–water partition coefficient (Wildman–Crippen LogP) is 3.05. The molecule has 0 bridgehead atoms. The van der Waals surface area contributed by atoms with Gasteiger partial charge in [0.25, 0.3) is 15.9 Å². The first kappa shape index (κ1) is 19.8. The highest BCUT2D eigenvalue weighted by molar-refractivity contribution is 7.92. The van der Waals surface area contributed by atoms with Crippen LogP contribution in [0.2, 0.25) is 0 Å². The Hall–Kier alpha value is -2.54. The topological polar surface area (TPSA) is 75.7 Å². The number of fused-ring (bicyclic) bond motifs is 2. The SMILES string of the molecule is CCCNC(=O)C1CN(S(=O)(=O)c2ccc3c(c2)CCCC3)c2ccccc2O1. The minimum absolute atomic E-state index is 0.0496. The molecule has 0 spiro atoms. The van der Waals surface area contributed by atoms with Crippen molar-refractivity contribution in [3.8, 4) is 5.75 Å². The summed E-state index contributed by atoms with van der Waals surface area (Å²) < 4.78 is 34.2. The molecule has 2 aromatic carbocycles. The number of hydrogen-bond donors (Lipinski definition) is 1. The lowest BCUT2D eigenvalue weighted by Gasteiger charge is -2.35. The van der Waals surface area contributed by atoms with Gasteiger partial charge in [0.1, 0.15) is 5.75 Å². The summed E-state index contributed by atoms with van der Waals surface area (Å²) in [5, 5.41) is 2.80. The van der Waals surface area contributed by atoms with Crippen molar-refractivity contribution >= 4 is 21.6 Å². The van der Waals surface area contributed by atoms with Crippen molar-refractivity contribution in [2.75, 3.05) is 17.4 Å². The third kappa shape index (κ3) is 3.83. The number of carbonyl (C=O) groups excluding carboxylic acids is 1. The molecule has 29 heavy (non-hydrogen) atoms. The Labute approximate surface area is 171 Å². The van der Waals surface area contributed by atoms with Gasteiger partial charge in [0.2, 0.25) is 0 Å². The van der Waals surface area contributed by atoms with Crippen LogP contribution in [0.4, 0.5) is 5.69 Å². The van der Waals surface area contributed by atoms with Crippen LogP contribution in [-0.2, 0) is 27.7 Å². The molecular formula is C22H26N2O4S. The first-order valence-corrected chi connectivity index (χ1v) is 11.6. The summed E-state index contributed by atoms with van der Waals surface area (Å²) in [7, 11) is -3.82. The second-order valence-electron chi connectivity index (χ2n) is 7.54. The largest absolute Gasteiger partial charge is 0.476 e. The second kappa shape index (κ2) is 8.06. The highest BCUT2D eigenvalue weighted by atomic mass is 32.2. The summed E-state index contributed by atoms with van der Waals surface area (Å²) in [6.45, 7) is 2.44. The van der Waals surface area contributed by atoms with Crippen molar-refractivity contribution in [3.63, 3.8) is 0 Å². The van der Waals surface area contributed by atoms with Crippen LogP contribution in [0.25, 0.3) is 0 Å². The summed E-state index contributed by atoms with van der Waals surface area (Å²) >= 11 is 0. The van der Waals surface area contributed by atoms with Crippen molar-refractivity contribution in [2.24, 2.45) is 0 Å². The summed E-state index contributed by atoms with van der Waals surface area (Å²) in [6.07, 6.45) is 4.03. The third-order valence-corrected chi connectivity index (χ3v) is 7.26. The van der Waals surface area contributed by atoms with Crippen LogP contribution in [0.3, 0.4) is 0 Å². The Morgan fingerprint density at radius 2 is 1.90 bits per heavy atom. The molecule has 4 rings (SSSR count). The van der Waals surface area contributed by atoms with Crippen LogP contribution < -0.4 is 14.4 Å². The van der Waals surface area contributed by atoms with Gasteiger partial charge in [0.05, 0.1) is 17.1 Å². The molecule has 0 saturated carbocycles. The molecule has 1 aliphatic carbocycles. The highest BCUT2D eigenvalue weighted by Gasteiger charge is 2.37. The Morgan fingerprint density at radius 1 is 1.14 bits per heavy atom. The van der Waals surface area contributed by atoms with Crippen molar-refractivity contribution in [1.29, 1.82) is 0 Å². The van der Waals surface area contributed by atoms with Crippen LogP contribution in [0, 0.1) is 0 Å². The lowest BCUT2D eigenvalue weighted by molar-refractivity contribution is -0.127. The summed E-state index contributed by atoms with van der Waals surface area (Å²) in [5.74, 6) is 0.101. The monoisotopic (exact) mass is 414 g/mol. The highest BCUT2D eigenvalue weighted by Crippen LogP contribution is 2.37. The molecule has 2 aliphatic rings. The Balaban J connectivity index is 1.70. The number of sulfonamides is 1. The zero-order valence-electron chi connectivity index (χ0n) is 16.6. The van der Waals surface area contributed by atoms with Gasteiger partial charge in [-0.05, 0) is 67.5 Å². The van der Waals surface area contributed by atoms with E-state index in [1.54, 1.807) is 36.4 Å². The van der Waals surface area contributed by atoms with E-state index in [0.29, 0.717) is 18.0 Å². The minimum atomic E-state index is -3.82.